The summed E-state index contributed by atoms with van der Waals surface area (Å²) in [4.78, 5) is 0. The Morgan fingerprint density at radius 2 is 0.750 bits per heavy atom. The summed E-state index contributed by atoms with van der Waals surface area (Å²) >= 11 is 0. The van der Waals surface area contributed by atoms with Crippen LogP contribution in [0.3, 0.4) is 0 Å². The van der Waals surface area contributed by atoms with E-state index in [2.05, 4.69) is 0 Å². The molecule has 0 saturated carbocycles. The maximum Gasteiger partial charge on any atom is 3.00 e. The summed E-state index contributed by atoms with van der Waals surface area (Å²) in [6.45, 7) is 0. The van der Waals surface area contributed by atoms with Gasteiger partial charge >= 0.3 is 66.2 Å². The predicted octanol–water partition coefficient (Wildman–Crippen LogP) is -6.75. The first-order valence-corrected chi connectivity index (χ1v) is 0. The van der Waals surface area contributed by atoms with Crippen LogP contribution < -0.4 is 9.41 Å². The molecule has 0 aliphatic carbocycles. The summed E-state index contributed by atoms with van der Waals surface area (Å²) in [5.41, 5.74) is 0. The van der Waals surface area contributed by atoms with Crippen LogP contribution in [-0.4, -0.2) is 66.2 Å². The molecule has 0 N–H and O–H groups in total. The van der Waals surface area contributed by atoms with Crippen molar-refractivity contribution in [1.29, 1.82) is 0 Å². The van der Waals surface area contributed by atoms with Gasteiger partial charge in [-0.15, -0.1) is 0 Å². The van der Waals surface area contributed by atoms with Gasteiger partial charge in [-0.05, 0) is 0 Å². The summed E-state index contributed by atoms with van der Waals surface area (Å²) in [5, 5.41) is 0. The first kappa shape index (κ1) is 38.1. The molecule has 16 valence electrons. The maximum absolute atomic E-state index is 0. The maximum atomic E-state index is 0. The van der Waals surface area contributed by atoms with E-state index >= 15 is 0 Å². The predicted molar refractivity (Wildman–Crippen MR) is 11.5 cm³/mol. The molecule has 0 aromatic carbocycles. The molecular weight excluding hydrogens is 202 g/mol. The third-order valence-corrected chi connectivity index (χ3v) is 0. The van der Waals surface area contributed by atoms with Crippen molar-refractivity contribution in [3.05, 3.63) is 0 Å². The summed E-state index contributed by atoms with van der Waals surface area (Å²) in [6.07, 6.45) is 0. The summed E-state index contributed by atoms with van der Waals surface area (Å²) in [5.74, 6) is 0. The van der Waals surface area contributed by atoms with Gasteiger partial charge in [0.15, 0.2) is 0 Å². The van der Waals surface area contributed by atoms with Crippen LogP contribution in [0.15, 0.2) is 0 Å². The van der Waals surface area contributed by atoms with Crippen LogP contribution in [0.2, 0.25) is 0 Å². The van der Waals surface area contributed by atoms with Crippen LogP contribution in [0.4, 0.5) is 0 Å². The Labute approximate surface area is 74.3 Å². The average molecular weight is 202 g/mol. The van der Waals surface area contributed by atoms with Gasteiger partial charge in [0.2, 0.25) is 0 Å². The Kier molecular flexibility index (Phi) is 193. The van der Waals surface area contributed by atoms with Crippen LogP contribution in [0.5, 0.6) is 0 Å². The molecular formula is AlBaF2+3. The molecule has 0 fully saturated rings. The molecule has 0 aliphatic rings. The van der Waals surface area contributed by atoms with Gasteiger partial charge in [0.25, 0.3) is 0 Å². The van der Waals surface area contributed by atoms with E-state index < -0.39 is 0 Å². The van der Waals surface area contributed by atoms with E-state index in [1.54, 1.807) is 0 Å². The minimum Gasteiger partial charge on any atom is -1.00 e. The molecule has 0 bridgehead atoms. The van der Waals surface area contributed by atoms with Crippen LogP contribution >= 0.6 is 0 Å². The zero-order chi connectivity index (χ0) is 0. The summed E-state index contributed by atoms with van der Waals surface area (Å²) < 4.78 is 0. The molecule has 0 aromatic rings. The van der Waals surface area contributed by atoms with Gasteiger partial charge in [-0.25, -0.2) is 0 Å². The molecule has 0 radical (unpaired) electrons. The Morgan fingerprint density at radius 1 is 0.750 bits per heavy atom. The van der Waals surface area contributed by atoms with Crippen molar-refractivity contribution in [3.8, 4) is 0 Å². The van der Waals surface area contributed by atoms with Crippen molar-refractivity contribution in [2.24, 2.45) is 0 Å². The second-order valence-electron chi connectivity index (χ2n) is 0. The normalized spacial score (nSPS) is 0. The fourth-order valence-electron chi connectivity index (χ4n) is 0. The number of hydrogen-bond acceptors (Lipinski definition) is 0. The first-order chi connectivity index (χ1) is 0. The smallest absolute Gasteiger partial charge is 1.00 e. The molecule has 0 saturated heterocycles. The molecule has 4 heteroatoms. The van der Waals surface area contributed by atoms with Crippen LogP contribution in [-0.2, 0) is 0 Å². The molecule has 0 heterocycles. The minimum atomic E-state index is 0. The third kappa shape index (κ3) is 9.03. The van der Waals surface area contributed by atoms with E-state index in [4.69, 9.17) is 0 Å². The number of rotatable bonds is 0. The fourth-order valence-corrected chi connectivity index (χ4v) is 0. The molecule has 4 heavy (non-hydrogen) atoms. The van der Waals surface area contributed by atoms with Crippen molar-refractivity contribution >= 4 is 66.2 Å². The average Bonchev–Trinajstić information content (AvgIpc) is 0. The van der Waals surface area contributed by atoms with Gasteiger partial charge in [-0.3, -0.25) is 0 Å². The van der Waals surface area contributed by atoms with Gasteiger partial charge in [0, 0.05) is 0 Å². The summed E-state index contributed by atoms with van der Waals surface area (Å²) in [6, 6.07) is 0. The van der Waals surface area contributed by atoms with Crippen LogP contribution in [0, 0.1) is 0 Å². The van der Waals surface area contributed by atoms with E-state index in [1.807, 2.05) is 0 Å². The second-order valence-corrected chi connectivity index (χ2v) is 0. The monoisotopic (exact) mass is 203 g/mol. The molecule has 0 amide bonds. The van der Waals surface area contributed by atoms with E-state index in [0.29, 0.717) is 0 Å². The van der Waals surface area contributed by atoms with Gasteiger partial charge in [0.05, 0.1) is 0 Å². The van der Waals surface area contributed by atoms with Crippen molar-refractivity contribution in [2.45, 2.75) is 0 Å². The van der Waals surface area contributed by atoms with Crippen molar-refractivity contribution < 1.29 is 9.41 Å². The largest absolute Gasteiger partial charge is 3.00 e. The Balaban J connectivity index is 0. The first-order valence-electron chi connectivity index (χ1n) is 0. The minimum absolute atomic E-state index is 0. The fraction of sp³-hybridized carbons (Fsp3) is 0. The number of halogens is 2. The van der Waals surface area contributed by atoms with Crippen molar-refractivity contribution in [2.75, 3.05) is 0 Å². The Bertz CT molecular complexity index is 6.00. The molecule has 0 atom stereocenters. The summed E-state index contributed by atoms with van der Waals surface area (Å²) in [7, 11) is 0. The third-order valence-electron chi connectivity index (χ3n) is 0. The van der Waals surface area contributed by atoms with Crippen LogP contribution in [0.1, 0.15) is 0 Å². The molecule has 0 aromatic heterocycles. The molecule has 0 spiro atoms. The zero-order valence-electron chi connectivity index (χ0n) is 2.04. The van der Waals surface area contributed by atoms with Crippen molar-refractivity contribution in [3.63, 3.8) is 0 Å². The van der Waals surface area contributed by atoms with Gasteiger partial charge in [-0.1, -0.05) is 0 Å². The zero-order valence-corrected chi connectivity index (χ0v) is 7.64. The topological polar surface area (TPSA) is 0 Å². The Hall–Kier alpha value is 1.96. The second kappa shape index (κ2) is 20.2. The van der Waals surface area contributed by atoms with Crippen LogP contribution in [0.25, 0.3) is 0 Å². The number of hydrogen-bond donors (Lipinski definition) is 0. The van der Waals surface area contributed by atoms with E-state index in [-0.39, 0.29) is 75.7 Å². The molecule has 0 rings (SSSR count). The van der Waals surface area contributed by atoms with Gasteiger partial charge < -0.3 is 9.41 Å². The van der Waals surface area contributed by atoms with E-state index in [9.17, 15) is 0 Å². The van der Waals surface area contributed by atoms with E-state index in [0.717, 1.165) is 0 Å². The van der Waals surface area contributed by atoms with Gasteiger partial charge in [-0.2, -0.15) is 0 Å². The molecule has 0 nitrogen and oxygen atoms in total. The molecule has 0 unspecified atom stereocenters. The standard InChI is InChI=1S/Al.Ba.2FH/h;;2*1H/q+3;+2;;/p-2. The van der Waals surface area contributed by atoms with E-state index in [1.165, 1.54) is 0 Å². The van der Waals surface area contributed by atoms with Crippen molar-refractivity contribution in [1.82, 2.24) is 0 Å². The quantitative estimate of drug-likeness (QED) is 0.343. The van der Waals surface area contributed by atoms with Gasteiger partial charge in [0.1, 0.15) is 0 Å². The molecule has 0 aliphatic heterocycles. The SMILES string of the molecule is [Al+3].[Ba+2].[F-].[F-]. The Morgan fingerprint density at radius 3 is 0.750 bits per heavy atom.